The number of H-pyrrole nitrogens is 1. The number of methoxy groups -OCH3 is 1. The van der Waals surface area contributed by atoms with Crippen LogP contribution in [0.15, 0.2) is 35.0 Å². The topological polar surface area (TPSA) is 88.3 Å². The van der Waals surface area contributed by atoms with E-state index in [1.54, 1.807) is 19.4 Å². The van der Waals surface area contributed by atoms with Gasteiger partial charge >= 0.3 is 5.97 Å². The molecule has 0 spiro atoms. The van der Waals surface area contributed by atoms with Crippen molar-refractivity contribution in [3.8, 4) is 17.0 Å². The van der Waals surface area contributed by atoms with Crippen molar-refractivity contribution in [2.75, 3.05) is 7.11 Å². The number of nitrogens with one attached hydrogen (secondary N) is 1. The number of ether oxygens (including phenoxy) is 1. The van der Waals surface area contributed by atoms with E-state index in [0.29, 0.717) is 11.4 Å². The van der Waals surface area contributed by atoms with Gasteiger partial charge in [-0.05, 0) is 18.2 Å². The normalized spacial score (nSPS) is 10.8. The summed E-state index contributed by atoms with van der Waals surface area (Å²) in [6, 6.07) is 6.89. The van der Waals surface area contributed by atoms with Gasteiger partial charge in [0.05, 0.1) is 12.6 Å². The van der Waals surface area contributed by atoms with Crippen molar-refractivity contribution in [3.63, 3.8) is 0 Å². The smallest absolute Gasteiger partial charge is 0.374 e. The van der Waals surface area contributed by atoms with Crippen LogP contribution in [0.3, 0.4) is 0 Å². The number of hydrogen-bond donors (Lipinski definition) is 2. The lowest BCUT2D eigenvalue weighted by Crippen LogP contribution is -1.91. The Morgan fingerprint density at radius 3 is 2.95 bits per heavy atom. The molecule has 0 saturated heterocycles. The Balaban J connectivity index is 2.19. The number of rotatable bonds is 3. The molecule has 6 nitrogen and oxygen atoms in total. The first kappa shape index (κ1) is 11.3. The maximum absolute atomic E-state index is 10.8. The first-order chi connectivity index (χ1) is 9.20. The maximum Gasteiger partial charge on any atom is 0.374 e. The second-order valence-electron chi connectivity index (χ2n) is 3.96. The Bertz CT molecular complexity index is 757. The van der Waals surface area contributed by atoms with Crippen molar-refractivity contribution >= 4 is 16.9 Å². The number of benzene rings is 1. The lowest BCUT2D eigenvalue weighted by atomic mass is 10.1. The lowest BCUT2D eigenvalue weighted by molar-refractivity contribution is 0.0652. The summed E-state index contributed by atoms with van der Waals surface area (Å²) < 4.78 is 10.0. The van der Waals surface area contributed by atoms with Gasteiger partial charge in [0.1, 0.15) is 11.4 Å². The number of carbonyl (C=O) groups is 1. The third-order valence-corrected chi connectivity index (χ3v) is 2.90. The summed E-state index contributed by atoms with van der Waals surface area (Å²) in [6.07, 6.45) is 1.79. The van der Waals surface area contributed by atoms with Gasteiger partial charge in [-0.15, -0.1) is 0 Å². The number of carboxylic acid groups (broad SMARTS) is 1. The Hall–Kier alpha value is -2.76. The third-order valence-electron chi connectivity index (χ3n) is 2.90. The number of nitrogens with zero attached hydrogens (tertiary/aromatic N) is 1. The second kappa shape index (κ2) is 4.16. The van der Waals surface area contributed by atoms with E-state index >= 15 is 0 Å². The standard InChI is InChI=1S/C13H10N2O4/c1-18-10-3-2-7(8-4-5-14-12(8)10)9-6-11(13(16)17)19-15-9/h2-6,14H,1H3,(H,16,17). The molecule has 0 saturated carbocycles. The van der Waals surface area contributed by atoms with Gasteiger partial charge in [0, 0.05) is 23.2 Å². The van der Waals surface area contributed by atoms with Crippen LogP contribution in [0.4, 0.5) is 0 Å². The predicted molar refractivity (Wildman–Crippen MR) is 67.3 cm³/mol. The average molecular weight is 258 g/mol. The molecule has 0 unspecified atom stereocenters. The Kier molecular flexibility index (Phi) is 2.49. The zero-order valence-electron chi connectivity index (χ0n) is 10.0. The van der Waals surface area contributed by atoms with Crippen molar-refractivity contribution in [1.29, 1.82) is 0 Å². The van der Waals surface area contributed by atoms with Gasteiger partial charge in [-0.3, -0.25) is 0 Å². The minimum Gasteiger partial charge on any atom is -0.495 e. The molecule has 3 aromatic rings. The molecule has 19 heavy (non-hydrogen) atoms. The van der Waals surface area contributed by atoms with E-state index in [2.05, 4.69) is 10.1 Å². The molecule has 2 heterocycles. The summed E-state index contributed by atoms with van der Waals surface area (Å²) in [6.45, 7) is 0. The van der Waals surface area contributed by atoms with Crippen LogP contribution in [-0.4, -0.2) is 28.3 Å². The fourth-order valence-corrected chi connectivity index (χ4v) is 2.03. The van der Waals surface area contributed by atoms with Crippen LogP contribution in [-0.2, 0) is 0 Å². The van der Waals surface area contributed by atoms with E-state index < -0.39 is 5.97 Å². The molecule has 1 aromatic carbocycles. The first-order valence-electron chi connectivity index (χ1n) is 5.55. The molecule has 3 rings (SSSR count). The number of carboxylic acids is 1. The highest BCUT2D eigenvalue weighted by Crippen LogP contribution is 2.33. The summed E-state index contributed by atoms with van der Waals surface area (Å²) in [5, 5.41) is 13.5. The predicted octanol–water partition coefficient (Wildman–Crippen LogP) is 2.53. The molecule has 0 bridgehead atoms. The zero-order chi connectivity index (χ0) is 13.4. The van der Waals surface area contributed by atoms with Gasteiger partial charge in [0.15, 0.2) is 0 Å². The highest BCUT2D eigenvalue weighted by atomic mass is 16.5. The third kappa shape index (κ3) is 1.74. The van der Waals surface area contributed by atoms with Gasteiger partial charge in [-0.1, -0.05) is 5.16 Å². The van der Waals surface area contributed by atoms with Crippen LogP contribution in [0.1, 0.15) is 10.6 Å². The fraction of sp³-hybridized carbons (Fsp3) is 0.0769. The summed E-state index contributed by atoms with van der Waals surface area (Å²) in [4.78, 5) is 13.9. The number of aromatic carboxylic acids is 1. The van der Waals surface area contributed by atoms with Gasteiger partial charge in [-0.2, -0.15) is 0 Å². The minimum atomic E-state index is -1.14. The summed E-state index contributed by atoms with van der Waals surface area (Å²) >= 11 is 0. The summed E-state index contributed by atoms with van der Waals surface area (Å²) in [5.41, 5.74) is 2.10. The summed E-state index contributed by atoms with van der Waals surface area (Å²) in [5.74, 6) is -0.613. The molecule has 96 valence electrons. The molecule has 0 aliphatic rings. The molecule has 0 aliphatic carbocycles. The van der Waals surface area contributed by atoms with E-state index in [0.717, 1.165) is 16.5 Å². The number of fused-ring (bicyclic) bond motifs is 1. The molecular weight excluding hydrogens is 248 g/mol. The molecule has 0 radical (unpaired) electrons. The molecular formula is C13H10N2O4. The number of aromatic nitrogens is 2. The molecule has 0 aliphatic heterocycles. The van der Waals surface area contributed by atoms with Gasteiger partial charge in [-0.25, -0.2) is 4.79 Å². The average Bonchev–Trinajstić information content (AvgIpc) is 3.06. The van der Waals surface area contributed by atoms with Gasteiger partial charge in [0.2, 0.25) is 5.76 Å². The van der Waals surface area contributed by atoms with Crippen LogP contribution >= 0.6 is 0 Å². The Morgan fingerprint density at radius 2 is 2.26 bits per heavy atom. The molecule has 2 aromatic heterocycles. The summed E-state index contributed by atoms with van der Waals surface area (Å²) in [7, 11) is 1.59. The Morgan fingerprint density at radius 1 is 1.42 bits per heavy atom. The highest BCUT2D eigenvalue weighted by molar-refractivity contribution is 5.98. The fourth-order valence-electron chi connectivity index (χ4n) is 2.03. The molecule has 2 N–H and O–H groups in total. The van der Waals surface area contributed by atoms with Crippen molar-refractivity contribution in [3.05, 3.63) is 36.2 Å². The van der Waals surface area contributed by atoms with Crippen molar-refractivity contribution in [2.45, 2.75) is 0 Å². The maximum atomic E-state index is 10.8. The quantitative estimate of drug-likeness (QED) is 0.753. The van der Waals surface area contributed by atoms with Gasteiger partial charge < -0.3 is 19.4 Å². The largest absolute Gasteiger partial charge is 0.495 e. The van der Waals surface area contributed by atoms with E-state index in [1.165, 1.54) is 6.07 Å². The molecule has 6 heteroatoms. The molecule has 0 atom stereocenters. The highest BCUT2D eigenvalue weighted by Gasteiger charge is 2.15. The van der Waals surface area contributed by atoms with Crippen molar-refractivity contribution in [2.24, 2.45) is 0 Å². The Labute approximate surface area is 107 Å². The van der Waals surface area contributed by atoms with Gasteiger partial charge in [0.25, 0.3) is 0 Å². The van der Waals surface area contributed by atoms with E-state index in [1.807, 2.05) is 12.1 Å². The van der Waals surface area contributed by atoms with E-state index in [9.17, 15) is 4.79 Å². The van der Waals surface area contributed by atoms with E-state index in [-0.39, 0.29) is 5.76 Å². The number of hydrogen-bond acceptors (Lipinski definition) is 4. The second-order valence-corrected chi connectivity index (χ2v) is 3.96. The SMILES string of the molecule is COc1ccc(-c2cc(C(=O)O)on2)c2cc[nH]c12. The van der Waals surface area contributed by atoms with Crippen LogP contribution < -0.4 is 4.74 Å². The number of aromatic amines is 1. The monoisotopic (exact) mass is 258 g/mol. The van der Waals surface area contributed by atoms with Crippen LogP contribution in [0.25, 0.3) is 22.2 Å². The van der Waals surface area contributed by atoms with Crippen LogP contribution in [0.5, 0.6) is 5.75 Å². The van der Waals surface area contributed by atoms with Crippen molar-refractivity contribution in [1.82, 2.24) is 10.1 Å². The van der Waals surface area contributed by atoms with Crippen molar-refractivity contribution < 1.29 is 19.2 Å². The van der Waals surface area contributed by atoms with Crippen LogP contribution in [0, 0.1) is 0 Å². The first-order valence-corrected chi connectivity index (χ1v) is 5.55. The van der Waals surface area contributed by atoms with E-state index in [4.69, 9.17) is 14.4 Å². The molecule has 0 amide bonds. The van der Waals surface area contributed by atoms with Crippen LogP contribution in [0.2, 0.25) is 0 Å². The zero-order valence-corrected chi connectivity index (χ0v) is 10.0. The lowest BCUT2D eigenvalue weighted by Gasteiger charge is -2.04. The molecule has 0 fully saturated rings. The minimum absolute atomic E-state index is 0.186.